The van der Waals surface area contributed by atoms with Crippen LogP contribution in [0.1, 0.15) is 0 Å². The van der Waals surface area contributed by atoms with E-state index in [0.717, 1.165) is 22.1 Å². The van der Waals surface area contributed by atoms with Gasteiger partial charge < -0.3 is 0 Å². The van der Waals surface area contributed by atoms with Crippen LogP contribution in [0.15, 0.2) is 48.5 Å². The van der Waals surface area contributed by atoms with Crippen LogP contribution in [0.5, 0.6) is 0 Å². The minimum atomic E-state index is 0.861. The first-order valence-electron chi connectivity index (χ1n) is 5.71. The number of rotatable bonds is 2. The standard InChI is InChI=1S/C12H8N6S/c1-3-7-11-9(5-1)13-15-17(11)19-18-12-8-4-2-6-10(12)14-16-18/h1-8H. The van der Waals surface area contributed by atoms with Crippen LogP contribution in [0.25, 0.3) is 22.1 Å². The van der Waals surface area contributed by atoms with E-state index in [9.17, 15) is 0 Å². The number of hydrogen-bond donors (Lipinski definition) is 0. The molecule has 0 bridgehead atoms. The summed E-state index contributed by atoms with van der Waals surface area (Å²) in [6.07, 6.45) is 0. The molecule has 0 unspecified atom stereocenters. The molecular formula is C12H8N6S. The third kappa shape index (κ3) is 1.66. The molecule has 6 nitrogen and oxygen atoms in total. The van der Waals surface area contributed by atoms with Crippen molar-refractivity contribution in [1.29, 1.82) is 0 Å². The van der Waals surface area contributed by atoms with Crippen molar-refractivity contribution in [1.82, 2.24) is 28.8 Å². The molecule has 19 heavy (non-hydrogen) atoms. The van der Waals surface area contributed by atoms with Crippen molar-refractivity contribution in [2.24, 2.45) is 0 Å². The smallest absolute Gasteiger partial charge is 0.120 e. The first-order valence-corrected chi connectivity index (χ1v) is 6.44. The molecule has 0 atom stereocenters. The molecule has 2 aromatic carbocycles. The Morgan fingerprint density at radius 2 is 1.16 bits per heavy atom. The molecule has 92 valence electrons. The number of hydrogen-bond acceptors (Lipinski definition) is 5. The Hall–Kier alpha value is -2.41. The average Bonchev–Trinajstić information content (AvgIpc) is 3.05. The van der Waals surface area contributed by atoms with Gasteiger partial charge in [0.2, 0.25) is 0 Å². The van der Waals surface area contributed by atoms with Gasteiger partial charge in [0.1, 0.15) is 34.2 Å². The van der Waals surface area contributed by atoms with Crippen LogP contribution >= 0.6 is 12.1 Å². The second-order valence-electron chi connectivity index (χ2n) is 3.98. The molecule has 0 spiro atoms. The average molecular weight is 268 g/mol. The van der Waals surface area contributed by atoms with Crippen LogP contribution in [0.4, 0.5) is 0 Å². The summed E-state index contributed by atoms with van der Waals surface area (Å²) in [5.74, 6) is 0. The van der Waals surface area contributed by atoms with E-state index in [0.29, 0.717) is 0 Å². The quantitative estimate of drug-likeness (QED) is 0.557. The zero-order chi connectivity index (χ0) is 12.7. The van der Waals surface area contributed by atoms with Crippen molar-refractivity contribution in [3.63, 3.8) is 0 Å². The first-order chi connectivity index (χ1) is 9.42. The van der Waals surface area contributed by atoms with Crippen molar-refractivity contribution >= 4 is 34.2 Å². The van der Waals surface area contributed by atoms with Gasteiger partial charge in [0.15, 0.2) is 0 Å². The molecule has 0 aliphatic rings. The summed E-state index contributed by atoms with van der Waals surface area (Å²) in [6.45, 7) is 0. The van der Waals surface area contributed by atoms with E-state index < -0.39 is 0 Å². The molecule has 0 N–H and O–H groups in total. The fourth-order valence-corrected chi connectivity index (χ4v) is 2.66. The molecule has 2 heterocycles. The van der Waals surface area contributed by atoms with E-state index in [-0.39, 0.29) is 0 Å². The van der Waals surface area contributed by atoms with Gasteiger partial charge in [-0.1, -0.05) is 34.7 Å². The maximum Gasteiger partial charge on any atom is 0.120 e. The lowest BCUT2D eigenvalue weighted by molar-refractivity contribution is 0.866. The molecule has 0 saturated carbocycles. The summed E-state index contributed by atoms with van der Waals surface area (Å²) >= 11 is 1.35. The Bertz CT molecular complexity index is 793. The molecule has 4 rings (SSSR count). The number of benzene rings is 2. The minimum absolute atomic E-state index is 0.861. The minimum Gasteiger partial charge on any atom is -0.164 e. The van der Waals surface area contributed by atoms with Gasteiger partial charge >= 0.3 is 0 Å². The molecule has 0 saturated heterocycles. The lowest BCUT2D eigenvalue weighted by Crippen LogP contribution is -1.98. The van der Waals surface area contributed by atoms with Crippen molar-refractivity contribution in [3.8, 4) is 0 Å². The maximum atomic E-state index is 4.12. The van der Waals surface area contributed by atoms with Crippen molar-refractivity contribution < 1.29 is 0 Å². The van der Waals surface area contributed by atoms with Crippen LogP contribution in [-0.2, 0) is 0 Å². The highest BCUT2D eigenvalue weighted by Crippen LogP contribution is 2.20. The Kier molecular flexibility index (Phi) is 2.25. The second-order valence-corrected chi connectivity index (χ2v) is 4.84. The van der Waals surface area contributed by atoms with Gasteiger partial charge in [-0.3, -0.25) is 0 Å². The van der Waals surface area contributed by atoms with E-state index in [1.165, 1.54) is 12.1 Å². The van der Waals surface area contributed by atoms with Crippen molar-refractivity contribution in [2.45, 2.75) is 0 Å². The van der Waals surface area contributed by atoms with Gasteiger partial charge in [-0.2, -0.15) is 8.17 Å². The number of aromatic nitrogens is 6. The zero-order valence-electron chi connectivity index (χ0n) is 9.71. The maximum absolute atomic E-state index is 4.12. The molecule has 0 amide bonds. The van der Waals surface area contributed by atoms with E-state index >= 15 is 0 Å². The molecular weight excluding hydrogens is 260 g/mol. The molecule has 2 aromatic heterocycles. The lowest BCUT2D eigenvalue weighted by Gasteiger charge is -2.00. The number of fused-ring (bicyclic) bond motifs is 2. The Morgan fingerprint density at radius 1 is 0.684 bits per heavy atom. The predicted molar refractivity (Wildman–Crippen MR) is 73.4 cm³/mol. The summed E-state index contributed by atoms with van der Waals surface area (Å²) in [5.41, 5.74) is 3.62. The van der Waals surface area contributed by atoms with Crippen LogP contribution < -0.4 is 0 Å². The van der Waals surface area contributed by atoms with E-state index in [2.05, 4.69) is 20.6 Å². The van der Waals surface area contributed by atoms with Gasteiger partial charge in [0.25, 0.3) is 0 Å². The highest BCUT2D eigenvalue weighted by atomic mass is 32.2. The van der Waals surface area contributed by atoms with Crippen molar-refractivity contribution in [3.05, 3.63) is 48.5 Å². The molecule has 7 heteroatoms. The second kappa shape index (κ2) is 4.06. The zero-order valence-corrected chi connectivity index (χ0v) is 10.5. The van der Waals surface area contributed by atoms with Gasteiger partial charge in [-0.25, -0.2) is 0 Å². The summed E-state index contributed by atoms with van der Waals surface area (Å²) in [5, 5.41) is 16.5. The summed E-state index contributed by atoms with van der Waals surface area (Å²) in [7, 11) is 0. The normalized spacial score (nSPS) is 11.4. The molecule has 0 aliphatic carbocycles. The van der Waals surface area contributed by atoms with Crippen LogP contribution in [-0.4, -0.2) is 28.8 Å². The number of nitrogens with zero attached hydrogens (tertiary/aromatic N) is 6. The third-order valence-electron chi connectivity index (χ3n) is 2.80. The molecule has 0 fully saturated rings. The summed E-state index contributed by atoms with van der Waals surface area (Å²) in [4.78, 5) is 0. The fraction of sp³-hybridized carbons (Fsp3) is 0. The SMILES string of the molecule is c1ccc2c(c1)nnn2Sn1nnc2ccccc21. The Morgan fingerprint density at radius 3 is 1.68 bits per heavy atom. The van der Waals surface area contributed by atoms with Crippen LogP contribution in [0, 0.1) is 0 Å². The van der Waals surface area contributed by atoms with E-state index in [1.54, 1.807) is 8.17 Å². The first kappa shape index (κ1) is 10.5. The van der Waals surface area contributed by atoms with Crippen molar-refractivity contribution in [2.75, 3.05) is 0 Å². The van der Waals surface area contributed by atoms with Crippen LogP contribution in [0.2, 0.25) is 0 Å². The Balaban J connectivity index is 1.82. The largest absolute Gasteiger partial charge is 0.164 e. The highest BCUT2D eigenvalue weighted by molar-refractivity contribution is 7.96. The summed E-state index contributed by atoms with van der Waals surface area (Å²) in [6, 6.07) is 15.6. The number of para-hydroxylation sites is 2. The lowest BCUT2D eigenvalue weighted by atomic mass is 10.3. The molecule has 0 aliphatic heterocycles. The predicted octanol–water partition coefficient (Wildman–Crippen LogP) is 2.14. The van der Waals surface area contributed by atoms with Gasteiger partial charge in [-0.15, -0.1) is 10.2 Å². The summed E-state index contributed by atoms with van der Waals surface area (Å²) < 4.78 is 3.47. The fourth-order valence-electron chi connectivity index (χ4n) is 1.89. The van der Waals surface area contributed by atoms with Gasteiger partial charge in [0.05, 0.1) is 0 Å². The topological polar surface area (TPSA) is 61.4 Å². The van der Waals surface area contributed by atoms with Gasteiger partial charge in [-0.05, 0) is 24.3 Å². The van der Waals surface area contributed by atoms with Crippen LogP contribution in [0.3, 0.4) is 0 Å². The molecule has 0 radical (unpaired) electrons. The Labute approximate surface area is 112 Å². The van der Waals surface area contributed by atoms with E-state index in [1.807, 2.05) is 48.5 Å². The highest BCUT2D eigenvalue weighted by Gasteiger charge is 2.09. The third-order valence-corrected chi connectivity index (χ3v) is 3.65. The van der Waals surface area contributed by atoms with E-state index in [4.69, 9.17) is 0 Å². The monoisotopic (exact) mass is 268 g/mol. The molecule has 4 aromatic rings. The van der Waals surface area contributed by atoms with Gasteiger partial charge in [0, 0.05) is 0 Å².